The van der Waals surface area contributed by atoms with Crippen molar-refractivity contribution in [3.63, 3.8) is 0 Å². The van der Waals surface area contributed by atoms with Crippen LogP contribution in [0.15, 0.2) is 12.7 Å². The average molecular weight is 280 g/mol. The number of aromatic amines is 1. The molecule has 19 heavy (non-hydrogen) atoms. The summed E-state index contributed by atoms with van der Waals surface area (Å²) in [4.78, 5) is 27.6. The van der Waals surface area contributed by atoms with Crippen LogP contribution < -0.4 is 0 Å². The van der Waals surface area contributed by atoms with Crippen LogP contribution in [0.2, 0.25) is 5.15 Å². The lowest BCUT2D eigenvalue weighted by molar-refractivity contribution is -0.130. The molecule has 0 spiro atoms. The van der Waals surface area contributed by atoms with Crippen molar-refractivity contribution in [2.24, 2.45) is 5.92 Å². The first-order valence-electron chi connectivity index (χ1n) is 6.28. The van der Waals surface area contributed by atoms with Crippen LogP contribution in [0.5, 0.6) is 0 Å². The number of H-pyrrole nitrogens is 1. The zero-order chi connectivity index (χ0) is 13.2. The van der Waals surface area contributed by atoms with Gasteiger partial charge in [0.15, 0.2) is 10.8 Å². The third-order valence-corrected chi connectivity index (χ3v) is 3.87. The molecule has 5 rings (SSSR count). The van der Waals surface area contributed by atoms with Crippen LogP contribution in [0, 0.1) is 5.92 Å². The molecule has 0 aliphatic carbocycles. The molecule has 2 aromatic rings. The standard InChI is InChI=1S/C7H11NO.C5H3ClN4/c9-7-5-8-3-1-6(7)2-4-8;6-4-3-5(9-1-7-3)10-2-8-4/h6H,1-5H2;1-2H,(H,7,8,9,10). The Morgan fingerprint density at radius 1 is 1.26 bits per heavy atom. The fraction of sp³-hybridized carbons (Fsp3) is 0.500. The molecule has 0 atom stereocenters. The van der Waals surface area contributed by atoms with Crippen LogP contribution in [0.4, 0.5) is 0 Å². The van der Waals surface area contributed by atoms with E-state index in [-0.39, 0.29) is 0 Å². The molecular formula is C12H14ClN5O. The molecule has 2 bridgehead atoms. The fourth-order valence-electron chi connectivity index (χ4n) is 2.50. The van der Waals surface area contributed by atoms with E-state index in [0.29, 0.717) is 28.0 Å². The van der Waals surface area contributed by atoms with Gasteiger partial charge in [-0.2, -0.15) is 0 Å². The Kier molecular flexibility index (Phi) is 3.44. The molecule has 3 fully saturated rings. The molecule has 2 aromatic heterocycles. The summed E-state index contributed by atoms with van der Waals surface area (Å²) in [5, 5.41) is 0.381. The predicted octanol–water partition coefficient (Wildman–Crippen LogP) is 1.29. The lowest BCUT2D eigenvalue weighted by Gasteiger charge is -2.37. The van der Waals surface area contributed by atoms with E-state index in [2.05, 4.69) is 24.8 Å². The van der Waals surface area contributed by atoms with E-state index in [1.807, 2.05) is 0 Å². The molecule has 1 N–H and O–H groups in total. The van der Waals surface area contributed by atoms with E-state index in [1.165, 1.54) is 12.7 Å². The highest BCUT2D eigenvalue weighted by molar-refractivity contribution is 6.33. The number of hydrogen-bond donors (Lipinski definition) is 1. The number of fused-ring (bicyclic) bond motifs is 4. The van der Waals surface area contributed by atoms with Crippen LogP contribution in [-0.2, 0) is 4.79 Å². The monoisotopic (exact) mass is 279 g/mol. The molecule has 3 aliphatic heterocycles. The Hall–Kier alpha value is -1.53. The predicted molar refractivity (Wildman–Crippen MR) is 70.9 cm³/mol. The quantitative estimate of drug-likeness (QED) is 0.736. The van der Waals surface area contributed by atoms with Crippen LogP contribution in [0.3, 0.4) is 0 Å². The second-order valence-electron chi connectivity index (χ2n) is 4.78. The second kappa shape index (κ2) is 5.22. The Morgan fingerprint density at radius 2 is 2.05 bits per heavy atom. The van der Waals surface area contributed by atoms with Crippen molar-refractivity contribution in [3.05, 3.63) is 17.8 Å². The number of rotatable bonds is 0. The Bertz CT molecular complexity index is 591. The molecule has 100 valence electrons. The summed E-state index contributed by atoms with van der Waals surface area (Å²) in [7, 11) is 0. The van der Waals surface area contributed by atoms with Crippen LogP contribution >= 0.6 is 11.6 Å². The first kappa shape index (κ1) is 12.5. The molecular weight excluding hydrogens is 266 g/mol. The Morgan fingerprint density at radius 3 is 2.58 bits per heavy atom. The van der Waals surface area contributed by atoms with Crippen LogP contribution in [0.1, 0.15) is 12.8 Å². The third kappa shape index (κ3) is 2.59. The average Bonchev–Trinajstić information content (AvgIpc) is 2.90. The lowest BCUT2D eigenvalue weighted by atomic mass is 9.87. The number of piperidine rings is 3. The molecule has 0 aromatic carbocycles. The normalized spacial score (nSPS) is 25.2. The minimum Gasteiger partial charge on any atom is -0.329 e. The van der Waals surface area contributed by atoms with Crippen molar-refractivity contribution in [2.75, 3.05) is 19.6 Å². The van der Waals surface area contributed by atoms with Gasteiger partial charge in [0, 0.05) is 5.92 Å². The van der Waals surface area contributed by atoms with E-state index in [1.54, 1.807) is 0 Å². The summed E-state index contributed by atoms with van der Waals surface area (Å²) in [5.74, 6) is 0.919. The molecule has 0 amide bonds. The summed E-state index contributed by atoms with van der Waals surface area (Å²) < 4.78 is 0. The molecule has 6 nitrogen and oxygen atoms in total. The van der Waals surface area contributed by atoms with Gasteiger partial charge in [0.05, 0.1) is 12.9 Å². The summed E-state index contributed by atoms with van der Waals surface area (Å²) >= 11 is 5.66. The third-order valence-electron chi connectivity index (χ3n) is 3.59. The number of halogens is 1. The number of nitrogens with zero attached hydrogens (tertiary/aromatic N) is 4. The smallest absolute Gasteiger partial charge is 0.162 e. The van der Waals surface area contributed by atoms with Crippen molar-refractivity contribution in [1.82, 2.24) is 24.8 Å². The topological polar surface area (TPSA) is 74.8 Å². The molecule has 7 heteroatoms. The van der Waals surface area contributed by atoms with Gasteiger partial charge >= 0.3 is 0 Å². The van der Waals surface area contributed by atoms with Gasteiger partial charge < -0.3 is 4.98 Å². The van der Waals surface area contributed by atoms with Gasteiger partial charge in [-0.3, -0.25) is 9.69 Å². The van der Waals surface area contributed by atoms with Crippen LogP contribution in [0.25, 0.3) is 11.2 Å². The molecule has 0 unspecified atom stereocenters. The largest absolute Gasteiger partial charge is 0.329 e. The van der Waals surface area contributed by atoms with Crippen molar-refractivity contribution < 1.29 is 4.79 Å². The summed E-state index contributed by atoms with van der Waals surface area (Å²) in [5.41, 5.74) is 1.28. The molecule has 5 heterocycles. The second-order valence-corrected chi connectivity index (χ2v) is 5.14. The fourth-order valence-corrected chi connectivity index (χ4v) is 2.68. The van der Waals surface area contributed by atoms with Gasteiger partial charge in [0.1, 0.15) is 17.6 Å². The number of Topliss-reactive ketones (excluding diaryl/α,β-unsaturated/α-hetero) is 1. The highest BCUT2D eigenvalue weighted by Gasteiger charge is 2.31. The van der Waals surface area contributed by atoms with Crippen molar-refractivity contribution in [2.45, 2.75) is 12.8 Å². The highest BCUT2D eigenvalue weighted by atomic mass is 35.5. The number of aromatic nitrogens is 4. The van der Waals surface area contributed by atoms with E-state index in [4.69, 9.17) is 11.6 Å². The summed E-state index contributed by atoms with van der Waals surface area (Å²) in [6, 6.07) is 0. The van der Waals surface area contributed by atoms with Crippen molar-refractivity contribution in [1.29, 1.82) is 0 Å². The first-order valence-corrected chi connectivity index (χ1v) is 6.66. The molecule has 0 radical (unpaired) electrons. The van der Waals surface area contributed by atoms with Gasteiger partial charge in [-0.15, -0.1) is 0 Å². The number of carbonyl (C=O) groups is 1. The lowest BCUT2D eigenvalue weighted by Crippen LogP contribution is -2.47. The van der Waals surface area contributed by atoms with Crippen LogP contribution in [-0.4, -0.2) is 50.3 Å². The van der Waals surface area contributed by atoms with Gasteiger partial charge in [0.2, 0.25) is 0 Å². The minimum absolute atomic E-state index is 0.381. The van der Waals surface area contributed by atoms with E-state index in [0.717, 1.165) is 32.5 Å². The van der Waals surface area contributed by atoms with Crippen molar-refractivity contribution >= 4 is 28.5 Å². The van der Waals surface area contributed by atoms with Crippen molar-refractivity contribution in [3.8, 4) is 0 Å². The summed E-state index contributed by atoms with van der Waals surface area (Å²) in [6.45, 7) is 3.07. The van der Waals surface area contributed by atoms with E-state index < -0.39 is 0 Å². The molecule has 3 aliphatic rings. The number of carbonyl (C=O) groups excluding carboxylic acids is 1. The maximum absolute atomic E-state index is 11.0. The number of hydrogen-bond acceptors (Lipinski definition) is 5. The van der Waals surface area contributed by atoms with Gasteiger partial charge in [-0.05, 0) is 25.9 Å². The van der Waals surface area contributed by atoms with E-state index >= 15 is 0 Å². The molecule has 0 saturated carbocycles. The number of ketones is 1. The Balaban J connectivity index is 0.000000117. The Labute approximate surface area is 115 Å². The first-order chi connectivity index (χ1) is 9.24. The number of nitrogens with one attached hydrogen (secondary N) is 1. The number of imidazole rings is 1. The zero-order valence-electron chi connectivity index (χ0n) is 10.3. The maximum Gasteiger partial charge on any atom is 0.162 e. The highest BCUT2D eigenvalue weighted by Crippen LogP contribution is 2.23. The van der Waals surface area contributed by atoms with Gasteiger partial charge in [-0.25, -0.2) is 15.0 Å². The van der Waals surface area contributed by atoms with E-state index in [9.17, 15) is 4.79 Å². The van der Waals surface area contributed by atoms with Gasteiger partial charge in [0.25, 0.3) is 0 Å². The summed E-state index contributed by atoms with van der Waals surface area (Å²) in [6.07, 6.45) is 5.17. The SMILES string of the molecule is Clc1ncnc2[nH]cnc12.O=C1CN2CCC1CC2. The zero-order valence-corrected chi connectivity index (χ0v) is 11.1. The minimum atomic E-state index is 0.381. The maximum atomic E-state index is 11.0. The van der Waals surface area contributed by atoms with Gasteiger partial charge in [-0.1, -0.05) is 11.6 Å². The molecule has 3 saturated heterocycles.